The van der Waals surface area contributed by atoms with E-state index in [9.17, 15) is 48.6 Å². The maximum absolute atomic E-state index is 13.6. The van der Waals surface area contributed by atoms with Gasteiger partial charge in [0.15, 0.2) is 0 Å². The molecule has 0 aliphatic rings. The average molecular weight is 875 g/mol. The Balaban J connectivity index is 3.01. The number of amides is 6. The van der Waals surface area contributed by atoms with Crippen molar-refractivity contribution in [3.8, 4) is 0 Å². The summed E-state index contributed by atoms with van der Waals surface area (Å²) in [6.07, 6.45) is 1.60. The summed E-state index contributed by atoms with van der Waals surface area (Å²) in [6, 6.07) is 3.08. The summed E-state index contributed by atoms with van der Waals surface area (Å²) in [7, 11) is 0. The standard InChI is InChI=1S/C44H74N8O10/c1-8-28(6)41(52-36(53)22-31(46)20-26(2)3)44(62)48-32(16-12-13-19-45)23-37(54)47-29(7)42(60)51-35(27(4)5)25-38(55)50-34(17-18-39(56)57)43(61)49-33(24-40(58)59)21-30-14-10-9-11-15-30/h9-11,14-15,26-29,31-35,41H,8,12-13,16-25,45-46H2,1-7H3,(H,47,54)(H,48,62)(H,49,61)(H,50,55)(H,51,60)(H,52,53)(H,56,57)(H,58,59)/t28-,29-,31-,32-,33-,34-,35+,41-/m0/s1. The van der Waals surface area contributed by atoms with Gasteiger partial charge in [0.2, 0.25) is 35.4 Å². The number of carbonyl (C=O) groups is 8. The molecule has 0 saturated carbocycles. The first-order chi connectivity index (χ1) is 29.1. The predicted molar refractivity (Wildman–Crippen MR) is 235 cm³/mol. The molecule has 0 spiro atoms. The molecule has 0 bridgehead atoms. The Morgan fingerprint density at radius 1 is 0.645 bits per heavy atom. The third-order valence-electron chi connectivity index (χ3n) is 10.5. The lowest BCUT2D eigenvalue weighted by atomic mass is 9.96. The van der Waals surface area contributed by atoms with Crippen molar-refractivity contribution in [2.45, 2.75) is 168 Å². The summed E-state index contributed by atoms with van der Waals surface area (Å²) < 4.78 is 0. The monoisotopic (exact) mass is 875 g/mol. The topological polar surface area (TPSA) is 301 Å². The Labute approximate surface area is 366 Å². The van der Waals surface area contributed by atoms with Crippen molar-refractivity contribution in [1.29, 1.82) is 0 Å². The molecule has 0 aliphatic carbocycles. The molecule has 0 saturated heterocycles. The molecular formula is C44H74N8O10. The second kappa shape index (κ2) is 29.2. The summed E-state index contributed by atoms with van der Waals surface area (Å²) in [4.78, 5) is 103. The maximum atomic E-state index is 13.6. The fourth-order valence-electron chi connectivity index (χ4n) is 6.84. The van der Waals surface area contributed by atoms with E-state index in [1.54, 1.807) is 44.2 Å². The number of nitrogens with one attached hydrogen (secondary N) is 6. The van der Waals surface area contributed by atoms with Gasteiger partial charge in [-0.2, -0.15) is 0 Å². The van der Waals surface area contributed by atoms with E-state index in [-0.39, 0.29) is 55.9 Å². The molecule has 350 valence electrons. The van der Waals surface area contributed by atoms with Crippen LogP contribution in [0.1, 0.15) is 125 Å². The van der Waals surface area contributed by atoms with E-state index in [1.807, 2.05) is 27.7 Å². The van der Waals surface area contributed by atoms with Crippen LogP contribution in [0.25, 0.3) is 0 Å². The summed E-state index contributed by atoms with van der Waals surface area (Å²) in [5.74, 6) is -5.85. The van der Waals surface area contributed by atoms with E-state index >= 15 is 0 Å². The number of carbonyl (C=O) groups excluding carboxylic acids is 6. The van der Waals surface area contributed by atoms with Crippen molar-refractivity contribution in [1.82, 2.24) is 31.9 Å². The third kappa shape index (κ3) is 23.2. The van der Waals surface area contributed by atoms with E-state index in [1.165, 1.54) is 6.92 Å². The molecule has 0 heterocycles. The molecule has 0 fully saturated rings. The van der Waals surface area contributed by atoms with Crippen molar-refractivity contribution < 1.29 is 48.6 Å². The van der Waals surface area contributed by atoms with Crippen LogP contribution in [-0.4, -0.2) is 106 Å². The van der Waals surface area contributed by atoms with Gasteiger partial charge < -0.3 is 53.6 Å². The minimum Gasteiger partial charge on any atom is -0.481 e. The number of hydrogen-bond donors (Lipinski definition) is 10. The van der Waals surface area contributed by atoms with Gasteiger partial charge >= 0.3 is 11.9 Å². The molecule has 18 nitrogen and oxygen atoms in total. The van der Waals surface area contributed by atoms with Crippen LogP contribution in [-0.2, 0) is 44.8 Å². The van der Waals surface area contributed by atoms with Crippen LogP contribution in [0.2, 0.25) is 0 Å². The first-order valence-corrected chi connectivity index (χ1v) is 21.9. The Morgan fingerprint density at radius 3 is 1.82 bits per heavy atom. The van der Waals surface area contributed by atoms with Gasteiger partial charge in [0, 0.05) is 49.9 Å². The zero-order chi connectivity index (χ0) is 46.9. The third-order valence-corrected chi connectivity index (χ3v) is 10.5. The van der Waals surface area contributed by atoms with Gasteiger partial charge in [0.1, 0.15) is 18.1 Å². The Bertz CT molecular complexity index is 1590. The van der Waals surface area contributed by atoms with Crippen LogP contribution in [0, 0.1) is 17.8 Å². The van der Waals surface area contributed by atoms with Gasteiger partial charge in [0.25, 0.3) is 0 Å². The quantitative estimate of drug-likeness (QED) is 0.0479. The van der Waals surface area contributed by atoms with E-state index in [4.69, 9.17) is 11.5 Å². The number of benzene rings is 1. The molecule has 6 amide bonds. The zero-order valence-electron chi connectivity index (χ0n) is 37.7. The molecule has 0 aliphatic heterocycles. The Hall–Kier alpha value is -5.10. The van der Waals surface area contributed by atoms with Gasteiger partial charge in [0.05, 0.1) is 6.42 Å². The maximum Gasteiger partial charge on any atom is 0.305 e. The fraction of sp³-hybridized carbons (Fsp3) is 0.682. The van der Waals surface area contributed by atoms with Crippen molar-refractivity contribution in [2.24, 2.45) is 29.2 Å². The number of carboxylic acid groups (broad SMARTS) is 2. The molecular weight excluding hydrogens is 801 g/mol. The second-order valence-electron chi connectivity index (χ2n) is 17.1. The predicted octanol–water partition coefficient (Wildman–Crippen LogP) is 1.87. The summed E-state index contributed by atoms with van der Waals surface area (Å²) >= 11 is 0. The molecule has 0 aromatic heterocycles. The van der Waals surface area contributed by atoms with Gasteiger partial charge in [-0.15, -0.1) is 0 Å². The van der Waals surface area contributed by atoms with Crippen LogP contribution in [0.3, 0.4) is 0 Å². The second-order valence-corrected chi connectivity index (χ2v) is 17.1. The van der Waals surface area contributed by atoms with Crippen LogP contribution in [0.4, 0.5) is 0 Å². The summed E-state index contributed by atoms with van der Waals surface area (Å²) in [5.41, 5.74) is 12.6. The lowest BCUT2D eigenvalue weighted by Crippen LogP contribution is -2.55. The molecule has 1 aromatic carbocycles. The molecule has 18 heteroatoms. The summed E-state index contributed by atoms with van der Waals surface area (Å²) in [6.45, 7) is 13.2. The van der Waals surface area contributed by atoms with E-state index < -0.39 is 90.6 Å². The van der Waals surface area contributed by atoms with Gasteiger partial charge in [-0.3, -0.25) is 38.4 Å². The fourth-order valence-corrected chi connectivity index (χ4v) is 6.84. The molecule has 0 unspecified atom stereocenters. The Morgan fingerprint density at radius 2 is 1.26 bits per heavy atom. The molecule has 62 heavy (non-hydrogen) atoms. The smallest absolute Gasteiger partial charge is 0.305 e. The van der Waals surface area contributed by atoms with Crippen LogP contribution >= 0.6 is 0 Å². The van der Waals surface area contributed by atoms with Gasteiger partial charge in [-0.1, -0.05) is 84.7 Å². The number of carboxylic acids is 2. The number of hydrogen-bond acceptors (Lipinski definition) is 10. The summed E-state index contributed by atoms with van der Waals surface area (Å²) in [5, 5.41) is 35.2. The van der Waals surface area contributed by atoms with Crippen LogP contribution in [0.5, 0.6) is 0 Å². The number of rotatable bonds is 31. The largest absolute Gasteiger partial charge is 0.481 e. The lowest BCUT2D eigenvalue weighted by molar-refractivity contribution is -0.138. The molecule has 1 aromatic rings. The molecule has 0 radical (unpaired) electrons. The van der Waals surface area contributed by atoms with Crippen molar-refractivity contribution in [2.75, 3.05) is 6.54 Å². The van der Waals surface area contributed by atoms with Crippen molar-refractivity contribution >= 4 is 47.4 Å². The van der Waals surface area contributed by atoms with Gasteiger partial charge in [-0.05, 0) is 68.9 Å². The van der Waals surface area contributed by atoms with Crippen molar-refractivity contribution in [3.05, 3.63) is 35.9 Å². The normalized spacial score (nSPS) is 15.1. The minimum absolute atomic E-state index is 0.0691. The molecule has 1 rings (SSSR count). The van der Waals surface area contributed by atoms with Gasteiger partial charge in [-0.25, -0.2) is 0 Å². The van der Waals surface area contributed by atoms with Crippen molar-refractivity contribution in [3.63, 3.8) is 0 Å². The highest BCUT2D eigenvalue weighted by molar-refractivity contribution is 5.91. The average Bonchev–Trinajstić information content (AvgIpc) is 3.17. The Kier molecular flexibility index (Phi) is 25.9. The SMILES string of the molecule is CC[C@H](C)[C@H](NC(=O)C[C@@H](N)CC(C)C)C(=O)N[C@@H](CCCCN)CC(=O)N[C@@H](C)C(=O)N[C@H](CC(=O)N[C@@H](CCC(=O)O)C(=O)N[C@H](CC(=O)O)Cc1ccccc1)C(C)C. The highest BCUT2D eigenvalue weighted by Crippen LogP contribution is 2.14. The highest BCUT2D eigenvalue weighted by atomic mass is 16.4. The van der Waals surface area contributed by atoms with Crippen LogP contribution < -0.4 is 43.4 Å². The zero-order valence-corrected chi connectivity index (χ0v) is 37.7. The first kappa shape index (κ1) is 54.9. The molecule has 8 atom stereocenters. The molecule has 12 N–H and O–H groups in total. The lowest BCUT2D eigenvalue weighted by Gasteiger charge is -2.28. The van der Waals surface area contributed by atoms with Crippen LogP contribution in [0.15, 0.2) is 30.3 Å². The van der Waals surface area contributed by atoms with E-state index in [0.29, 0.717) is 44.6 Å². The first-order valence-electron chi connectivity index (χ1n) is 21.9. The van der Waals surface area contributed by atoms with E-state index in [2.05, 4.69) is 31.9 Å². The number of nitrogens with two attached hydrogens (primary N) is 2. The number of aliphatic carboxylic acids is 2. The minimum atomic E-state index is -1.31. The highest BCUT2D eigenvalue weighted by Gasteiger charge is 2.31. The number of unbranched alkanes of at least 4 members (excludes halogenated alkanes) is 1. The van der Waals surface area contributed by atoms with E-state index in [0.717, 1.165) is 5.56 Å².